The zero-order chi connectivity index (χ0) is 15.8. The van der Waals surface area contributed by atoms with E-state index < -0.39 is 6.10 Å². The Morgan fingerprint density at radius 2 is 2.22 bits per heavy atom. The third-order valence-electron chi connectivity index (χ3n) is 5.06. The second-order valence-electron chi connectivity index (χ2n) is 6.80. The van der Waals surface area contributed by atoms with Crippen LogP contribution in [0.2, 0.25) is 0 Å². The smallest absolute Gasteiger partial charge is 0.147 e. The van der Waals surface area contributed by atoms with E-state index in [0.29, 0.717) is 24.3 Å². The van der Waals surface area contributed by atoms with Gasteiger partial charge in [-0.3, -0.25) is 4.90 Å². The van der Waals surface area contributed by atoms with E-state index in [4.69, 9.17) is 4.42 Å². The molecule has 0 aromatic carbocycles. The van der Waals surface area contributed by atoms with Crippen LogP contribution < -0.4 is 0 Å². The summed E-state index contributed by atoms with van der Waals surface area (Å²) in [6, 6.07) is 4.65. The van der Waals surface area contributed by atoms with Gasteiger partial charge in [-0.15, -0.1) is 10.2 Å². The molecule has 3 heterocycles. The molecule has 23 heavy (non-hydrogen) atoms. The molecule has 6 heteroatoms. The van der Waals surface area contributed by atoms with E-state index in [2.05, 4.69) is 19.7 Å². The van der Waals surface area contributed by atoms with Crippen molar-refractivity contribution in [2.75, 3.05) is 6.54 Å². The number of aliphatic hydroxyl groups excluding tert-OH is 1. The van der Waals surface area contributed by atoms with E-state index in [0.717, 1.165) is 31.2 Å². The van der Waals surface area contributed by atoms with Gasteiger partial charge < -0.3 is 14.1 Å². The van der Waals surface area contributed by atoms with Gasteiger partial charge in [0.05, 0.1) is 12.8 Å². The molecule has 0 amide bonds. The van der Waals surface area contributed by atoms with Crippen LogP contribution in [0.25, 0.3) is 0 Å². The van der Waals surface area contributed by atoms with Gasteiger partial charge in [0.25, 0.3) is 0 Å². The number of aryl methyl sites for hydroxylation is 1. The van der Waals surface area contributed by atoms with Crippen molar-refractivity contribution in [1.29, 1.82) is 0 Å². The summed E-state index contributed by atoms with van der Waals surface area (Å²) in [6.07, 6.45) is 6.58. The zero-order valence-corrected chi connectivity index (χ0v) is 13.6. The summed E-state index contributed by atoms with van der Waals surface area (Å²) in [6.45, 7) is 3.93. The summed E-state index contributed by atoms with van der Waals surface area (Å²) in [4.78, 5) is 2.44. The van der Waals surface area contributed by atoms with Crippen LogP contribution >= 0.6 is 0 Å². The van der Waals surface area contributed by atoms with Crippen LogP contribution in [0.1, 0.15) is 61.7 Å². The van der Waals surface area contributed by atoms with Crippen molar-refractivity contribution < 1.29 is 9.52 Å². The van der Waals surface area contributed by atoms with Crippen LogP contribution in [0, 0.1) is 6.92 Å². The van der Waals surface area contributed by atoms with Crippen molar-refractivity contribution in [2.24, 2.45) is 0 Å². The van der Waals surface area contributed by atoms with E-state index in [1.807, 2.05) is 19.1 Å². The Morgan fingerprint density at radius 3 is 2.96 bits per heavy atom. The lowest BCUT2D eigenvalue weighted by Crippen LogP contribution is -2.31. The average Bonchev–Trinajstić information content (AvgIpc) is 2.94. The molecular weight excluding hydrogens is 292 g/mol. The highest BCUT2D eigenvalue weighted by molar-refractivity contribution is 5.04. The van der Waals surface area contributed by atoms with Gasteiger partial charge in [-0.2, -0.15) is 0 Å². The third-order valence-corrected chi connectivity index (χ3v) is 5.06. The number of likely N-dealkylation sites (tertiary alicyclic amines) is 1. The van der Waals surface area contributed by atoms with Crippen molar-refractivity contribution in [3.8, 4) is 0 Å². The van der Waals surface area contributed by atoms with E-state index in [1.54, 1.807) is 6.26 Å². The maximum absolute atomic E-state index is 10.4. The minimum Gasteiger partial charge on any atom is -0.467 e. The van der Waals surface area contributed by atoms with Crippen LogP contribution in [0.4, 0.5) is 0 Å². The highest BCUT2D eigenvalue weighted by atomic mass is 16.4. The predicted molar refractivity (Wildman–Crippen MR) is 84.7 cm³/mol. The quantitative estimate of drug-likeness (QED) is 0.887. The van der Waals surface area contributed by atoms with Crippen molar-refractivity contribution >= 4 is 0 Å². The summed E-state index contributed by atoms with van der Waals surface area (Å²) in [5.41, 5.74) is 0. The molecule has 124 valence electrons. The molecule has 2 fully saturated rings. The molecule has 2 aliphatic rings. The Bertz CT molecular complexity index is 648. The van der Waals surface area contributed by atoms with E-state index in [1.165, 1.54) is 19.3 Å². The van der Waals surface area contributed by atoms with Crippen LogP contribution in [0.5, 0.6) is 0 Å². The number of nitrogens with zero attached hydrogens (tertiary/aromatic N) is 4. The Balaban J connectivity index is 1.44. The molecule has 0 bridgehead atoms. The lowest BCUT2D eigenvalue weighted by atomic mass is 10.1. The molecule has 1 aliphatic carbocycles. The number of aliphatic hydroxyl groups is 1. The van der Waals surface area contributed by atoms with Crippen molar-refractivity contribution in [1.82, 2.24) is 19.7 Å². The molecule has 0 radical (unpaired) electrons. The summed E-state index contributed by atoms with van der Waals surface area (Å²) >= 11 is 0. The fourth-order valence-corrected chi connectivity index (χ4v) is 3.74. The number of hydrogen-bond donors (Lipinski definition) is 1. The van der Waals surface area contributed by atoms with Crippen LogP contribution in [-0.4, -0.2) is 37.4 Å². The largest absolute Gasteiger partial charge is 0.467 e. The SMILES string of the molecule is Cc1nnc(CN2CCCC2CC(O)c2ccco2)n1C1CC1. The zero-order valence-electron chi connectivity index (χ0n) is 13.6. The molecule has 1 N–H and O–H groups in total. The number of hydrogen-bond acceptors (Lipinski definition) is 5. The van der Waals surface area contributed by atoms with Gasteiger partial charge in [-0.25, -0.2) is 0 Å². The first-order valence-electron chi connectivity index (χ1n) is 8.58. The number of aromatic nitrogens is 3. The average molecular weight is 316 g/mol. The Hall–Kier alpha value is -1.66. The molecule has 2 atom stereocenters. The molecule has 0 spiro atoms. The third kappa shape index (κ3) is 3.05. The second kappa shape index (κ2) is 6.09. The first-order valence-corrected chi connectivity index (χ1v) is 8.58. The van der Waals surface area contributed by atoms with Crippen molar-refractivity contribution in [3.05, 3.63) is 35.8 Å². The monoisotopic (exact) mass is 316 g/mol. The molecule has 6 nitrogen and oxygen atoms in total. The molecule has 2 aromatic heterocycles. The number of furan rings is 1. The van der Waals surface area contributed by atoms with Gasteiger partial charge in [0.1, 0.15) is 23.5 Å². The fourth-order valence-electron chi connectivity index (χ4n) is 3.74. The Morgan fingerprint density at radius 1 is 1.35 bits per heavy atom. The maximum atomic E-state index is 10.4. The van der Waals surface area contributed by atoms with Gasteiger partial charge in [0.15, 0.2) is 0 Å². The fraction of sp³-hybridized carbons (Fsp3) is 0.647. The van der Waals surface area contributed by atoms with Crippen LogP contribution in [0.3, 0.4) is 0 Å². The van der Waals surface area contributed by atoms with Gasteiger partial charge in [0.2, 0.25) is 0 Å². The molecule has 4 rings (SSSR count). The van der Waals surface area contributed by atoms with Gasteiger partial charge >= 0.3 is 0 Å². The highest BCUT2D eigenvalue weighted by Gasteiger charge is 2.32. The van der Waals surface area contributed by atoms with Crippen molar-refractivity contribution in [3.63, 3.8) is 0 Å². The minimum atomic E-state index is -0.529. The summed E-state index contributed by atoms with van der Waals surface area (Å²) < 4.78 is 7.63. The normalized spacial score (nSPS) is 23.5. The minimum absolute atomic E-state index is 0.375. The van der Waals surface area contributed by atoms with E-state index in [9.17, 15) is 5.11 Å². The predicted octanol–water partition coefficient (Wildman–Crippen LogP) is 2.60. The summed E-state index contributed by atoms with van der Waals surface area (Å²) in [5.74, 6) is 2.76. The summed E-state index contributed by atoms with van der Waals surface area (Å²) in [5, 5.41) is 19.0. The maximum Gasteiger partial charge on any atom is 0.147 e. The first kappa shape index (κ1) is 14.9. The van der Waals surface area contributed by atoms with Crippen LogP contribution in [0.15, 0.2) is 22.8 Å². The van der Waals surface area contributed by atoms with E-state index in [-0.39, 0.29) is 0 Å². The van der Waals surface area contributed by atoms with Gasteiger partial charge in [0, 0.05) is 12.1 Å². The molecule has 1 saturated heterocycles. The number of rotatable bonds is 6. The van der Waals surface area contributed by atoms with Gasteiger partial charge in [-0.1, -0.05) is 0 Å². The standard InChI is InChI=1S/C17H24N4O2/c1-12-18-19-17(21(12)13-6-7-13)11-20-8-2-4-14(20)10-15(22)16-5-3-9-23-16/h3,5,9,13-15,22H,2,4,6-8,10-11H2,1H3. The lowest BCUT2D eigenvalue weighted by Gasteiger charge is -2.25. The van der Waals surface area contributed by atoms with Crippen LogP contribution in [-0.2, 0) is 6.54 Å². The molecule has 2 unspecified atom stereocenters. The van der Waals surface area contributed by atoms with E-state index >= 15 is 0 Å². The highest BCUT2D eigenvalue weighted by Crippen LogP contribution is 2.37. The first-order chi connectivity index (χ1) is 11.2. The molecule has 2 aromatic rings. The topological polar surface area (TPSA) is 67.3 Å². The van der Waals surface area contributed by atoms with Gasteiger partial charge in [-0.05, 0) is 57.7 Å². The molecular formula is C17H24N4O2. The molecule has 1 saturated carbocycles. The lowest BCUT2D eigenvalue weighted by molar-refractivity contribution is 0.0982. The second-order valence-corrected chi connectivity index (χ2v) is 6.80. The Kier molecular flexibility index (Phi) is 3.95. The summed E-state index contributed by atoms with van der Waals surface area (Å²) in [7, 11) is 0. The molecule has 1 aliphatic heterocycles. The van der Waals surface area contributed by atoms with Crippen molar-refractivity contribution in [2.45, 2.75) is 63.8 Å². The Labute approximate surface area is 136 Å².